The average molecular weight is 471 g/mol. The van der Waals surface area contributed by atoms with E-state index in [2.05, 4.69) is 22.3 Å². The van der Waals surface area contributed by atoms with Crippen molar-refractivity contribution in [3.8, 4) is 11.1 Å². The van der Waals surface area contributed by atoms with Gasteiger partial charge < -0.3 is 14.8 Å². The molecular weight excluding hydrogens is 440 g/mol. The van der Waals surface area contributed by atoms with Crippen molar-refractivity contribution < 1.29 is 19.1 Å². The van der Waals surface area contributed by atoms with Crippen LogP contribution in [0.1, 0.15) is 27.9 Å². The minimum Gasteiger partial charge on any atom is -0.380 e. The van der Waals surface area contributed by atoms with Gasteiger partial charge in [-0.25, -0.2) is 0 Å². The minimum atomic E-state index is -0.0870. The van der Waals surface area contributed by atoms with E-state index in [1.807, 2.05) is 48.5 Å². The van der Waals surface area contributed by atoms with E-state index in [1.54, 1.807) is 19.2 Å². The maximum absolute atomic E-state index is 13.1. The third kappa shape index (κ3) is 5.51. The van der Waals surface area contributed by atoms with Gasteiger partial charge >= 0.3 is 0 Å². The topological polar surface area (TPSA) is 67.9 Å². The van der Waals surface area contributed by atoms with Gasteiger partial charge in [0.15, 0.2) is 5.78 Å². The normalized spacial score (nSPS) is 19.1. The highest BCUT2D eigenvalue weighted by Crippen LogP contribution is 2.28. The third-order valence-electron chi connectivity index (χ3n) is 6.79. The molecule has 0 radical (unpaired) electrons. The predicted octanol–water partition coefficient (Wildman–Crippen LogP) is 4.34. The first-order chi connectivity index (χ1) is 17.1. The second kappa shape index (κ2) is 10.5. The van der Waals surface area contributed by atoms with E-state index in [9.17, 15) is 9.59 Å². The molecule has 2 saturated heterocycles. The van der Waals surface area contributed by atoms with Crippen LogP contribution in [0.25, 0.3) is 11.1 Å². The van der Waals surface area contributed by atoms with Gasteiger partial charge in [-0.05, 0) is 29.2 Å². The fourth-order valence-electron chi connectivity index (χ4n) is 4.93. The summed E-state index contributed by atoms with van der Waals surface area (Å²) in [6.45, 7) is 2.17. The number of rotatable bonds is 9. The SMILES string of the molecule is COCc1ccc(C(=O)Cc2ccc(-c3ccccc3)cc2)cc1NC(=O)CN1C[C@@H]2C[C@H]1CO2. The van der Waals surface area contributed by atoms with Crippen LogP contribution in [0.5, 0.6) is 0 Å². The average Bonchev–Trinajstić information content (AvgIpc) is 3.49. The molecule has 1 N–H and O–H groups in total. The van der Waals surface area contributed by atoms with Crippen molar-refractivity contribution in [2.24, 2.45) is 0 Å². The number of carbonyl (C=O) groups is 2. The summed E-state index contributed by atoms with van der Waals surface area (Å²) in [5.74, 6) is -0.0815. The molecule has 3 aromatic carbocycles. The summed E-state index contributed by atoms with van der Waals surface area (Å²) in [6.07, 6.45) is 1.54. The lowest BCUT2D eigenvalue weighted by atomic mass is 9.98. The molecule has 180 valence electrons. The molecule has 3 aromatic rings. The number of nitrogens with zero attached hydrogens (tertiary/aromatic N) is 1. The molecule has 6 nitrogen and oxygen atoms in total. The summed E-state index contributed by atoms with van der Waals surface area (Å²) in [5.41, 5.74) is 5.26. The third-order valence-corrected chi connectivity index (χ3v) is 6.79. The number of benzene rings is 3. The number of fused-ring (bicyclic) bond motifs is 2. The van der Waals surface area contributed by atoms with Crippen LogP contribution in [0.15, 0.2) is 72.8 Å². The van der Waals surface area contributed by atoms with Crippen molar-refractivity contribution in [1.82, 2.24) is 4.90 Å². The molecule has 2 aliphatic rings. The van der Waals surface area contributed by atoms with E-state index < -0.39 is 0 Å². The van der Waals surface area contributed by atoms with Crippen LogP contribution < -0.4 is 5.32 Å². The summed E-state index contributed by atoms with van der Waals surface area (Å²) >= 11 is 0. The molecule has 0 spiro atoms. The number of ether oxygens (including phenoxy) is 2. The van der Waals surface area contributed by atoms with E-state index in [4.69, 9.17) is 9.47 Å². The summed E-state index contributed by atoms with van der Waals surface area (Å²) in [7, 11) is 1.62. The maximum Gasteiger partial charge on any atom is 0.238 e. The summed E-state index contributed by atoms with van der Waals surface area (Å²) in [5, 5.41) is 3.01. The van der Waals surface area contributed by atoms with Crippen LogP contribution >= 0.6 is 0 Å². The predicted molar refractivity (Wildman–Crippen MR) is 135 cm³/mol. The second-order valence-electron chi connectivity index (χ2n) is 9.29. The van der Waals surface area contributed by atoms with Gasteiger partial charge in [-0.2, -0.15) is 0 Å². The lowest BCUT2D eigenvalue weighted by Crippen LogP contribution is -2.41. The Bertz CT molecular complexity index is 1190. The Morgan fingerprint density at radius 3 is 2.49 bits per heavy atom. The lowest BCUT2D eigenvalue weighted by Gasteiger charge is -2.26. The van der Waals surface area contributed by atoms with Gasteiger partial charge in [0.1, 0.15) is 0 Å². The van der Waals surface area contributed by atoms with Crippen molar-refractivity contribution in [1.29, 1.82) is 0 Å². The monoisotopic (exact) mass is 470 g/mol. The molecular formula is C29H30N2O4. The Labute approximate surface area is 205 Å². The summed E-state index contributed by atoms with van der Waals surface area (Å²) in [4.78, 5) is 28.1. The van der Waals surface area contributed by atoms with Gasteiger partial charge in [-0.1, -0.05) is 66.7 Å². The second-order valence-corrected chi connectivity index (χ2v) is 9.29. The zero-order valence-corrected chi connectivity index (χ0v) is 19.9. The molecule has 5 rings (SSSR count). The molecule has 6 heteroatoms. The van der Waals surface area contributed by atoms with Crippen LogP contribution in [0.3, 0.4) is 0 Å². The largest absolute Gasteiger partial charge is 0.380 e. The molecule has 2 atom stereocenters. The van der Waals surface area contributed by atoms with Crippen molar-refractivity contribution in [2.75, 3.05) is 32.1 Å². The number of amides is 1. The first-order valence-corrected chi connectivity index (χ1v) is 12.0. The van der Waals surface area contributed by atoms with Crippen LogP contribution in [0.4, 0.5) is 5.69 Å². The van der Waals surface area contributed by atoms with Gasteiger partial charge in [0.2, 0.25) is 5.91 Å². The van der Waals surface area contributed by atoms with Crippen LogP contribution in [-0.4, -0.2) is 55.5 Å². The quantitative estimate of drug-likeness (QED) is 0.472. The number of hydrogen-bond donors (Lipinski definition) is 1. The number of morpholine rings is 1. The molecule has 2 heterocycles. The van der Waals surface area contributed by atoms with Gasteiger partial charge in [0.25, 0.3) is 0 Å². The molecule has 0 saturated carbocycles. The van der Waals surface area contributed by atoms with Crippen molar-refractivity contribution in [3.63, 3.8) is 0 Å². The molecule has 2 bridgehead atoms. The Hall–Kier alpha value is -3.32. The fraction of sp³-hybridized carbons (Fsp3) is 0.310. The van der Waals surface area contributed by atoms with E-state index in [0.29, 0.717) is 43.5 Å². The molecule has 35 heavy (non-hydrogen) atoms. The van der Waals surface area contributed by atoms with Gasteiger partial charge in [0.05, 0.1) is 25.9 Å². The maximum atomic E-state index is 13.1. The fourth-order valence-corrected chi connectivity index (χ4v) is 4.93. The Morgan fingerprint density at radius 1 is 1.03 bits per heavy atom. The van der Waals surface area contributed by atoms with Gasteiger partial charge in [-0.15, -0.1) is 0 Å². The van der Waals surface area contributed by atoms with E-state index >= 15 is 0 Å². The Kier molecular flexibility index (Phi) is 7.04. The van der Waals surface area contributed by atoms with E-state index in [1.165, 1.54) is 0 Å². The van der Waals surface area contributed by atoms with Crippen LogP contribution in [0.2, 0.25) is 0 Å². The standard InChI is InChI=1S/C29H30N2O4/c1-34-18-24-12-11-23(14-27(24)30-29(33)17-31-16-26-15-25(31)19-35-26)28(32)13-20-7-9-22(10-8-20)21-5-3-2-4-6-21/h2-12,14,25-26H,13,15-19H2,1H3,(H,30,33)/t25-,26-/m0/s1. The molecule has 2 aliphatic heterocycles. The summed E-state index contributed by atoms with van der Waals surface area (Å²) in [6, 6.07) is 24.0. The molecule has 0 aliphatic carbocycles. The van der Waals surface area contributed by atoms with Gasteiger partial charge in [0, 0.05) is 42.9 Å². The number of anilines is 1. The van der Waals surface area contributed by atoms with Crippen molar-refractivity contribution >= 4 is 17.4 Å². The number of likely N-dealkylation sites (tertiary alicyclic amines) is 1. The van der Waals surface area contributed by atoms with Crippen molar-refractivity contribution in [3.05, 3.63) is 89.5 Å². The smallest absolute Gasteiger partial charge is 0.238 e. The minimum absolute atomic E-state index is 0.00549. The summed E-state index contributed by atoms with van der Waals surface area (Å²) < 4.78 is 10.9. The first-order valence-electron chi connectivity index (χ1n) is 12.0. The highest BCUT2D eigenvalue weighted by molar-refractivity contribution is 6.00. The number of nitrogens with one attached hydrogen (secondary N) is 1. The Balaban J connectivity index is 1.26. The van der Waals surface area contributed by atoms with E-state index in [-0.39, 0.29) is 17.8 Å². The lowest BCUT2D eigenvalue weighted by molar-refractivity contribution is -0.118. The zero-order chi connectivity index (χ0) is 24.2. The van der Waals surface area contributed by atoms with Crippen LogP contribution in [0, 0.1) is 0 Å². The Morgan fingerprint density at radius 2 is 1.80 bits per heavy atom. The molecule has 1 amide bonds. The van der Waals surface area contributed by atoms with Crippen LogP contribution in [-0.2, 0) is 27.3 Å². The molecule has 2 fully saturated rings. The highest BCUT2D eigenvalue weighted by Gasteiger charge is 2.39. The molecule has 0 aromatic heterocycles. The first kappa shape index (κ1) is 23.4. The van der Waals surface area contributed by atoms with E-state index in [0.717, 1.165) is 35.2 Å². The number of hydrogen-bond acceptors (Lipinski definition) is 5. The number of carbonyl (C=O) groups excluding carboxylic acids is 2. The molecule has 0 unspecified atom stereocenters. The highest BCUT2D eigenvalue weighted by atomic mass is 16.5. The zero-order valence-electron chi connectivity index (χ0n) is 19.9. The number of ketones is 1. The number of Topliss-reactive ketones (excluding diaryl/α,β-unsaturated/α-hetero) is 1. The van der Waals surface area contributed by atoms with Crippen molar-refractivity contribution in [2.45, 2.75) is 31.6 Å². The van der Waals surface area contributed by atoms with Gasteiger partial charge in [-0.3, -0.25) is 14.5 Å². The number of methoxy groups -OCH3 is 1.